The summed E-state index contributed by atoms with van der Waals surface area (Å²) in [4.78, 5) is 10.4. The van der Waals surface area contributed by atoms with Gasteiger partial charge in [-0.05, 0) is 17.7 Å². The van der Waals surface area contributed by atoms with E-state index in [0.29, 0.717) is 5.02 Å². The van der Waals surface area contributed by atoms with Crippen LogP contribution in [0.5, 0.6) is 0 Å². The first-order chi connectivity index (χ1) is 6.50. The van der Waals surface area contributed by atoms with Gasteiger partial charge in [0.15, 0.2) is 0 Å². The fourth-order valence-electron chi connectivity index (χ4n) is 1.10. The van der Waals surface area contributed by atoms with Crippen molar-refractivity contribution in [2.45, 2.75) is 12.5 Å². The molecular formula is C9H10BrCl2NO2. The number of carbonyl (C=O) groups is 1. The maximum Gasteiger partial charge on any atom is 0.305 e. The maximum atomic E-state index is 10.4. The van der Waals surface area contributed by atoms with Gasteiger partial charge in [-0.15, -0.1) is 12.4 Å². The Bertz CT molecular complexity index is 360. The third kappa shape index (κ3) is 4.38. The minimum absolute atomic E-state index is 0. The number of hydrogen-bond donors (Lipinski definition) is 2. The van der Waals surface area contributed by atoms with Crippen LogP contribution in [0.1, 0.15) is 18.0 Å². The number of carboxylic acids is 1. The van der Waals surface area contributed by atoms with Crippen molar-refractivity contribution in [2.24, 2.45) is 5.73 Å². The highest BCUT2D eigenvalue weighted by atomic mass is 79.9. The normalized spacial score (nSPS) is 11.7. The second-order valence-corrected chi connectivity index (χ2v) is 4.16. The van der Waals surface area contributed by atoms with Gasteiger partial charge in [-0.1, -0.05) is 33.6 Å². The zero-order valence-electron chi connectivity index (χ0n) is 7.61. The molecular weight excluding hydrogens is 305 g/mol. The Balaban J connectivity index is 0.00000196. The molecule has 3 N–H and O–H groups in total. The van der Waals surface area contributed by atoms with Crippen LogP contribution >= 0.6 is 39.9 Å². The minimum Gasteiger partial charge on any atom is -0.481 e. The van der Waals surface area contributed by atoms with Gasteiger partial charge in [0.25, 0.3) is 0 Å². The highest BCUT2D eigenvalue weighted by Gasteiger charge is 2.13. The second-order valence-electron chi connectivity index (χ2n) is 2.87. The van der Waals surface area contributed by atoms with E-state index < -0.39 is 12.0 Å². The van der Waals surface area contributed by atoms with Gasteiger partial charge in [-0.25, -0.2) is 0 Å². The molecule has 0 spiro atoms. The van der Waals surface area contributed by atoms with Crippen LogP contribution in [0.3, 0.4) is 0 Å². The number of hydrogen-bond acceptors (Lipinski definition) is 2. The Labute approximate surface area is 107 Å². The molecule has 1 atom stereocenters. The molecule has 0 amide bonds. The molecule has 0 aliphatic rings. The predicted octanol–water partition coefficient (Wildman–Crippen LogP) is 3.00. The Hall–Kier alpha value is -0.290. The van der Waals surface area contributed by atoms with Gasteiger partial charge in [0, 0.05) is 15.5 Å². The van der Waals surface area contributed by atoms with E-state index in [0.717, 1.165) is 10.0 Å². The van der Waals surface area contributed by atoms with Crippen molar-refractivity contribution in [3.63, 3.8) is 0 Å². The lowest BCUT2D eigenvalue weighted by Gasteiger charge is -2.11. The number of aliphatic carboxylic acids is 1. The van der Waals surface area contributed by atoms with Crippen molar-refractivity contribution in [1.29, 1.82) is 0 Å². The number of benzene rings is 1. The quantitative estimate of drug-likeness (QED) is 0.901. The monoisotopic (exact) mass is 313 g/mol. The van der Waals surface area contributed by atoms with Crippen LogP contribution < -0.4 is 5.73 Å². The highest BCUT2D eigenvalue weighted by Crippen LogP contribution is 2.26. The van der Waals surface area contributed by atoms with E-state index in [2.05, 4.69) is 15.9 Å². The average molecular weight is 315 g/mol. The summed E-state index contributed by atoms with van der Waals surface area (Å²) in [5.41, 5.74) is 6.44. The fourth-order valence-corrected chi connectivity index (χ4v) is 2.08. The van der Waals surface area contributed by atoms with Crippen LogP contribution in [0.25, 0.3) is 0 Å². The molecule has 1 rings (SSSR count). The Kier molecular flexibility index (Phi) is 6.20. The van der Waals surface area contributed by atoms with Gasteiger partial charge in [-0.2, -0.15) is 0 Å². The van der Waals surface area contributed by atoms with Crippen molar-refractivity contribution in [3.05, 3.63) is 33.3 Å². The van der Waals surface area contributed by atoms with Crippen LogP contribution in [0, 0.1) is 0 Å². The molecule has 0 fully saturated rings. The zero-order chi connectivity index (χ0) is 10.7. The molecule has 0 radical (unpaired) electrons. The van der Waals surface area contributed by atoms with Crippen LogP contribution in [-0.2, 0) is 4.79 Å². The van der Waals surface area contributed by atoms with E-state index in [-0.39, 0.29) is 18.8 Å². The molecule has 0 aliphatic heterocycles. The molecule has 84 valence electrons. The average Bonchev–Trinajstić information content (AvgIpc) is 2.01. The topological polar surface area (TPSA) is 63.3 Å². The van der Waals surface area contributed by atoms with Gasteiger partial charge in [0.1, 0.15) is 0 Å². The standard InChI is InChI=1S/C9H9BrClNO2.ClH/c10-7-3-5(11)1-2-6(7)8(12)4-9(13)14;/h1-3,8H,4,12H2,(H,13,14);1H/t8-;/m1./s1. The first kappa shape index (κ1) is 14.7. The van der Waals surface area contributed by atoms with Crippen molar-refractivity contribution in [1.82, 2.24) is 0 Å². The molecule has 1 aromatic carbocycles. The molecule has 0 saturated heterocycles. The van der Waals surface area contributed by atoms with Crippen LogP contribution in [-0.4, -0.2) is 11.1 Å². The van der Waals surface area contributed by atoms with E-state index in [9.17, 15) is 4.79 Å². The molecule has 0 unspecified atom stereocenters. The Morgan fingerprint density at radius 3 is 2.67 bits per heavy atom. The van der Waals surface area contributed by atoms with Crippen LogP contribution in [0.4, 0.5) is 0 Å². The first-order valence-electron chi connectivity index (χ1n) is 3.93. The van der Waals surface area contributed by atoms with Gasteiger partial charge in [-0.3, -0.25) is 4.79 Å². The first-order valence-corrected chi connectivity index (χ1v) is 5.10. The second kappa shape index (κ2) is 6.33. The Morgan fingerprint density at radius 2 is 2.20 bits per heavy atom. The summed E-state index contributed by atoms with van der Waals surface area (Å²) in [6, 6.07) is 4.58. The van der Waals surface area contributed by atoms with E-state index >= 15 is 0 Å². The summed E-state index contributed by atoms with van der Waals surface area (Å²) >= 11 is 9.02. The predicted molar refractivity (Wildman–Crippen MR) is 65.6 cm³/mol. The molecule has 3 nitrogen and oxygen atoms in total. The highest BCUT2D eigenvalue weighted by molar-refractivity contribution is 9.10. The molecule has 6 heteroatoms. The van der Waals surface area contributed by atoms with E-state index in [1.807, 2.05) is 0 Å². The summed E-state index contributed by atoms with van der Waals surface area (Å²) in [5, 5.41) is 9.16. The molecule has 0 aromatic heterocycles. The minimum atomic E-state index is -0.917. The molecule has 15 heavy (non-hydrogen) atoms. The van der Waals surface area contributed by atoms with Gasteiger partial charge in [0.05, 0.1) is 6.42 Å². The SMILES string of the molecule is Cl.N[C@H](CC(=O)O)c1ccc(Cl)cc1Br. The van der Waals surface area contributed by atoms with Gasteiger partial charge in [0.2, 0.25) is 0 Å². The molecule has 0 heterocycles. The number of carboxylic acid groups (broad SMARTS) is 1. The lowest BCUT2D eigenvalue weighted by molar-refractivity contribution is -0.137. The largest absolute Gasteiger partial charge is 0.481 e. The lowest BCUT2D eigenvalue weighted by atomic mass is 10.1. The van der Waals surface area contributed by atoms with Crippen LogP contribution in [0.15, 0.2) is 22.7 Å². The van der Waals surface area contributed by atoms with Gasteiger partial charge < -0.3 is 10.8 Å². The van der Waals surface area contributed by atoms with Crippen molar-refractivity contribution in [3.8, 4) is 0 Å². The van der Waals surface area contributed by atoms with Crippen molar-refractivity contribution >= 4 is 45.9 Å². The van der Waals surface area contributed by atoms with E-state index in [1.165, 1.54) is 0 Å². The van der Waals surface area contributed by atoms with Crippen LogP contribution in [0.2, 0.25) is 5.02 Å². The Morgan fingerprint density at radius 1 is 1.60 bits per heavy atom. The maximum absolute atomic E-state index is 10.4. The summed E-state index contributed by atoms with van der Waals surface area (Å²) in [7, 11) is 0. The fraction of sp³-hybridized carbons (Fsp3) is 0.222. The molecule has 0 aliphatic carbocycles. The zero-order valence-corrected chi connectivity index (χ0v) is 10.8. The van der Waals surface area contributed by atoms with Crippen molar-refractivity contribution in [2.75, 3.05) is 0 Å². The number of nitrogens with two attached hydrogens (primary N) is 1. The smallest absolute Gasteiger partial charge is 0.305 e. The third-order valence-electron chi connectivity index (χ3n) is 1.76. The van der Waals surface area contributed by atoms with Gasteiger partial charge >= 0.3 is 5.97 Å². The summed E-state index contributed by atoms with van der Waals surface area (Å²) < 4.78 is 0.735. The number of rotatable bonds is 3. The van der Waals surface area contributed by atoms with E-state index in [4.69, 9.17) is 22.4 Å². The lowest BCUT2D eigenvalue weighted by Crippen LogP contribution is -2.15. The molecule has 0 bridgehead atoms. The summed E-state index contributed by atoms with van der Waals surface area (Å²) in [6.45, 7) is 0. The van der Waals surface area contributed by atoms with E-state index in [1.54, 1.807) is 18.2 Å². The van der Waals surface area contributed by atoms with Crippen molar-refractivity contribution < 1.29 is 9.90 Å². The molecule has 1 aromatic rings. The summed E-state index contributed by atoms with van der Waals surface area (Å²) in [6.07, 6.45) is -0.0970. The number of halogens is 3. The third-order valence-corrected chi connectivity index (χ3v) is 2.68. The summed E-state index contributed by atoms with van der Waals surface area (Å²) in [5.74, 6) is -0.917. The molecule has 0 saturated carbocycles.